The summed E-state index contributed by atoms with van der Waals surface area (Å²) >= 11 is 6.15. The molecule has 3 aromatic rings. The highest BCUT2D eigenvalue weighted by atomic mass is 35.5. The highest BCUT2D eigenvalue weighted by Gasteiger charge is 2.37. The van der Waals surface area contributed by atoms with E-state index in [1.54, 1.807) is 0 Å². The number of benzene rings is 1. The van der Waals surface area contributed by atoms with Crippen LogP contribution in [0.15, 0.2) is 18.5 Å². The number of aromatic nitrogens is 4. The second-order valence-corrected chi connectivity index (χ2v) is 9.60. The molecular weight excluding hydrogens is 509 g/mol. The van der Waals surface area contributed by atoms with Crippen LogP contribution in [0.4, 0.5) is 27.8 Å². The van der Waals surface area contributed by atoms with Crippen molar-refractivity contribution < 1.29 is 31.5 Å². The minimum absolute atomic E-state index is 0.100. The molecule has 0 aliphatic carbocycles. The van der Waals surface area contributed by atoms with Gasteiger partial charge in [0.05, 0.1) is 17.7 Å². The van der Waals surface area contributed by atoms with E-state index in [-0.39, 0.29) is 23.9 Å². The lowest BCUT2D eigenvalue weighted by Crippen LogP contribution is -2.34. The van der Waals surface area contributed by atoms with Crippen molar-refractivity contribution in [2.24, 2.45) is 5.41 Å². The Hall–Kier alpha value is -3.02. The van der Waals surface area contributed by atoms with Crippen LogP contribution in [0.25, 0.3) is 16.9 Å². The number of carbonyl (C=O) groups excluding carboxylic acids is 1. The number of carbonyl (C=O) groups is 1. The van der Waals surface area contributed by atoms with Gasteiger partial charge in [-0.15, -0.1) is 0 Å². The van der Waals surface area contributed by atoms with Gasteiger partial charge in [0.15, 0.2) is 0 Å². The van der Waals surface area contributed by atoms with Crippen LogP contribution in [0.1, 0.15) is 47.0 Å². The minimum atomic E-state index is -4.67. The van der Waals surface area contributed by atoms with Crippen molar-refractivity contribution in [1.29, 1.82) is 0 Å². The third-order valence-electron chi connectivity index (χ3n) is 5.40. The molecule has 0 unspecified atom stereocenters. The number of hydrogen-bond acceptors (Lipinski definition) is 6. The van der Waals surface area contributed by atoms with Gasteiger partial charge in [0.25, 0.3) is 5.78 Å². The Labute approximate surface area is 209 Å². The molecule has 0 aliphatic heterocycles. The highest BCUT2D eigenvalue weighted by Crippen LogP contribution is 2.39. The largest absolute Gasteiger partial charge is 0.493 e. The van der Waals surface area contributed by atoms with Crippen molar-refractivity contribution in [3.05, 3.63) is 35.2 Å². The Balaban J connectivity index is 1.87. The second-order valence-electron chi connectivity index (χ2n) is 9.25. The molecular formula is C23H25ClF5N5O2. The number of fused-ring (bicyclic) bond motifs is 1. The molecule has 0 fully saturated rings. The van der Waals surface area contributed by atoms with Crippen LogP contribution in [0.2, 0.25) is 5.15 Å². The first-order valence-electron chi connectivity index (χ1n) is 11.1. The number of ether oxygens (including phenoxy) is 1. The van der Waals surface area contributed by atoms with Gasteiger partial charge in [-0.25, -0.2) is 8.78 Å². The molecule has 1 aromatic carbocycles. The summed E-state index contributed by atoms with van der Waals surface area (Å²) in [5.41, 5.74) is -1.60. The van der Waals surface area contributed by atoms with E-state index in [1.807, 2.05) is 20.8 Å². The van der Waals surface area contributed by atoms with Crippen molar-refractivity contribution in [3.8, 4) is 16.9 Å². The van der Waals surface area contributed by atoms with Crippen molar-refractivity contribution in [1.82, 2.24) is 19.6 Å². The van der Waals surface area contributed by atoms with Gasteiger partial charge in [0.2, 0.25) is 0 Å². The minimum Gasteiger partial charge on any atom is -0.493 e. The van der Waals surface area contributed by atoms with E-state index in [0.29, 0.717) is 19.3 Å². The lowest BCUT2D eigenvalue weighted by atomic mass is 9.88. The third kappa shape index (κ3) is 6.21. The molecule has 0 aliphatic rings. The molecule has 0 bridgehead atoms. The van der Waals surface area contributed by atoms with E-state index in [1.165, 1.54) is 0 Å². The number of nitrogens with zero attached hydrogens (tertiary/aromatic N) is 4. The first kappa shape index (κ1) is 27.6. The fraction of sp³-hybridized carbons (Fsp3) is 0.478. The summed E-state index contributed by atoms with van der Waals surface area (Å²) in [4.78, 5) is 19.6. The maximum Gasteiger partial charge on any atom is 0.408 e. The van der Waals surface area contributed by atoms with Gasteiger partial charge in [0, 0.05) is 24.0 Å². The van der Waals surface area contributed by atoms with Crippen molar-refractivity contribution in [3.63, 3.8) is 0 Å². The van der Waals surface area contributed by atoms with E-state index in [0.717, 1.165) is 29.9 Å². The maximum absolute atomic E-state index is 15.1. The van der Waals surface area contributed by atoms with Crippen molar-refractivity contribution in [2.75, 3.05) is 11.9 Å². The Morgan fingerprint density at radius 2 is 1.78 bits per heavy atom. The van der Waals surface area contributed by atoms with Crippen LogP contribution in [0, 0.1) is 17.0 Å². The molecule has 7 nitrogen and oxygen atoms in total. The van der Waals surface area contributed by atoms with E-state index in [4.69, 9.17) is 16.3 Å². The smallest absolute Gasteiger partial charge is 0.408 e. The Kier molecular flexibility index (Phi) is 8.07. The van der Waals surface area contributed by atoms with Gasteiger partial charge in [-0.2, -0.15) is 32.8 Å². The molecule has 13 heteroatoms. The number of nitrogens with one attached hydrogen (secondary N) is 1. The van der Waals surface area contributed by atoms with E-state index < -0.39 is 51.4 Å². The summed E-state index contributed by atoms with van der Waals surface area (Å²) < 4.78 is 76.3. The van der Waals surface area contributed by atoms with Crippen LogP contribution in [-0.2, 0) is 4.79 Å². The average Bonchev–Trinajstić information content (AvgIpc) is 3.21. The predicted octanol–water partition coefficient (Wildman–Crippen LogP) is 6.25. The Morgan fingerprint density at radius 3 is 2.36 bits per heavy atom. The number of anilines is 1. The fourth-order valence-corrected chi connectivity index (χ4v) is 3.54. The van der Waals surface area contributed by atoms with Crippen LogP contribution < -0.4 is 10.1 Å². The molecule has 2 aromatic heterocycles. The number of ketones is 1. The number of alkyl halides is 3. The molecule has 1 atom stereocenters. The van der Waals surface area contributed by atoms with Gasteiger partial charge in [-0.05, 0) is 19.8 Å². The molecule has 0 radical (unpaired) electrons. The van der Waals surface area contributed by atoms with Gasteiger partial charge >= 0.3 is 6.18 Å². The van der Waals surface area contributed by atoms with Crippen LogP contribution >= 0.6 is 11.6 Å². The summed E-state index contributed by atoms with van der Waals surface area (Å²) in [5, 5.41) is 5.51. The fourth-order valence-electron chi connectivity index (χ4n) is 3.28. The van der Waals surface area contributed by atoms with E-state index in [9.17, 15) is 18.0 Å². The summed E-state index contributed by atoms with van der Waals surface area (Å²) in [7, 11) is 0. The average molecular weight is 534 g/mol. The van der Waals surface area contributed by atoms with Gasteiger partial charge < -0.3 is 10.1 Å². The Morgan fingerprint density at radius 1 is 1.14 bits per heavy atom. The molecule has 1 N–H and O–H groups in total. The molecule has 0 saturated heterocycles. The van der Waals surface area contributed by atoms with Crippen LogP contribution in [0.3, 0.4) is 0 Å². The number of rotatable bonds is 9. The third-order valence-corrected chi connectivity index (χ3v) is 5.67. The second kappa shape index (κ2) is 10.5. The SMILES string of the molecule is C[C@H](Nc1c(-c2c(F)cc(OCCCCC(=O)C(C)(C)C)cc2F)c(Cl)nc2ncnn12)C(F)(F)F. The molecule has 0 saturated carbocycles. The lowest BCUT2D eigenvalue weighted by molar-refractivity contribution is -0.138. The first-order valence-corrected chi connectivity index (χ1v) is 11.5. The molecule has 2 heterocycles. The maximum atomic E-state index is 15.1. The number of Topliss-reactive ketones (excluding diaryl/α,β-unsaturated/α-hetero) is 1. The van der Waals surface area contributed by atoms with Crippen LogP contribution in [-0.4, -0.2) is 44.2 Å². The van der Waals surface area contributed by atoms with Gasteiger partial charge in [0.1, 0.15) is 46.5 Å². The predicted molar refractivity (Wildman–Crippen MR) is 124 cm³/mol. The topological polar surface area (TPSA) is 81.4 Å². The zero-order valence-electron chi connectivity index (χ0n) is 20.0. The summed E-state index contributed by atoms with van der Waals surface area (Å²) in [5.74, 6) is -2.87. The van der Waals surface area contributed by atoms with Crippen molar-refractivity contribution >= 4 is 29.0 Å². The number of halogens is 6. The zero-order chi connectivity index (χ0) is 26.8. The standard InChI is InChI=1S/C23H25ClF5N5O2/c1-12(23(27,28)29)32-20-18(19(24)33-21-30-11-31-34(20)21)17-14(25)9-13(10-15(17)26)36-8-6-5-7-16(35)22(2,3)4/h9-12,32H,5-8H2,1-4H3/t12-/m0/s1. The van der Waals surface area contributed by atoms with Crippen LogP contribution in [0.5, 0.6) is 5.75 Å². The first-order chi connectivity index (χ1) is 16.7. The molecule has 0 amide bonds. The summed E-state index contributed by atoms with van der Waals surface area (Å²) in [6.07, 6.45) is -2.27. The lowest BCUT2D eigenvalue weighted by Gasteiger charge is -2.21. The Bertz CT molecular complexity index is 1230. The summed E-state index contributed by atoms with van der Waals surface area (Å²) in [6, 6.07) is -0.309. The molecule has 0 spiro atoms. The van der Waals surface area contributed by atoms with Gasteiger partial charge in [-0.1, -0.05) is 32.4 Å². The number of hydrogen-bond donors (Lipinski definition) is 1. The normalized spacial score (nSPS) is 13.2. The highest BCUT2D eigenvalue weighted by molar-refractivity contribution is 6.33. The zero-order valence-corrected chi connectivity index (χ0v) is 20.8. The van der Waals surface area contributed by atoms with Crippen molar-refractivity contribution in [2.45, 2.75) is 59.2 Å². The molecule has 3 rings (SSSR count). The molecule has 36 heavy (non-hydrogen) atoms. The summed E-state index contributed by atoms with van der Waals surface area (Å²) in [6.45, 7) is 6.42. The monoisotopic (exact) mass is 533 g/mol. The van der Waals surface area contributed by atoms with E-state index >= 15 is 8.78 Å². The van der Waals surface area contributed by atoms with E-state index in [2.05, 4.69) is 20.4 Å². The van der Waals surface area contributed by atoms with Gasteiger partial charge in [-0.3, -0.25) is 4.79 Å². The quantitative estimate of drug-likeness (QED) is 0.199. The number of unbranched alkanes of at least 4 members (excludes halogenated alkanes) is 1. The molecule has 196 valence electrons.